The summed E-state index contributed by atoms with van der Waals surface area (Å²) in [6.07, 6.45) is 3.31. The van der Waals surface area contributed by atoms with Crippen molar-refractivity contribution in [3.05, 3.63) is 77.2 Å². The summed E-state index contributed by atoms with van der Waals surface area (Å²) >= 11 is 1.43. The molecule has 1 amide bonds. The van der Waals surface area contributed by atoms with Gasteiger partial charge >= 0.3 is 0 Å². The van der Waals surface area contributed by atoms with E-state index in [2.05, 4.69) is 55.3 Å². The normalized spacial score (nSPS) is 11.7. The summed E-state index contributed by atoms with van der Waals surface area (Å²) < 4.78 is 0. The second kappa shape index (κ2) is 7.67. The first-order chi connectivity index (χ1) is 12.4. The van der Waals surface area contributed by atoms with Gasteiger partial charge in [-0.25, -0.2) is 4.98 Å². The fourth-order valence-corrected chi connectivity index (χ4v) is 3.21. The van der Waals surface area contributed by atoms with E-state index in [9.17, 15) is 4.79 Å². The van der Waals surface area contributed by atoms with Crippen LogP contribution in [-0.4, -0.2) is 10.9 Å². The van der Waals surface area contributed by atoms with Crippen molar-refractivity contribution >= 4 is 28.5 Å². The number of benzene rings is 2. The molecule has 0 saturated carbocycles. The number of rotatable bonds is 4. The van der Waals surface area contributed by atoms with Crippen molar-refractivity contribution in [3.8, 4) is 11.3 Å². The Kier molecular flexibility index (Phi) is 5.33. The van der Waals surface area contributed by atoms with Crippen LogP contribution in [0.2, 0.25) is 0 Å². The van der Waals surface area contributed by atoms with Crippen LogP contribution in [0.4, 0.5) is 5.13 Å². The molecule has 4 heteroatoms. The molecule has 3 aromatic rings. The van der Waals surface area contributed by atoms with Gasteiger partial charge in [0.15, 0.2) is 5.13 Å². The van der Waals surface area contributed by atoms with Crippen LogP contribution in [-0.2, 0) is 10.2 Å². The van der Waals surface area contributed by atoms with Gasteiger partial charge < -0.3 is 0 Å². The lowest BCUT2D eigenvalue weighted by molar-refractivity contribution is -0.111. The van der Waals surface area contributed by atoms with E-state index in [0.29, 0.717) is 5.13 Å². The Balaban J connectivity index is 1.66. The summed E-state index contributed by atoms with van der Waals surface area (Å²) in [6.45, 7) is 6.59. The van der Waals surface area contributed by atoms with Crippen molar-refractivity contribution in [2.24, 2.45) is 0 Å². The molecule has 132 valence electrons. The van der Waals surface area contributed by atoms with Crippen molar-refractivity contribution in [1.29, 1.82) is 0 Å². The van der Waals surface area contributed by atoms with Gasteiger partial charge in [0.25, 0.3) is 0 Å². The highest BCUT2D eigenvalue weighted by molar-refractivity contribution is 7.14. The number of aromatic nitrogens is 1. The molecule has 26 heavy (non-hydrogen) atoms. The molecule has 3 rings (SSSR count). The summed E-state index contributed by atoms with van der Waals surface area (Å²) in [6, 6.07) is 18.2. The fourth-order valence-electron chi connectivity index (χ4n) is 2.49. The average Bonchev–Trinajstić information content (AvgIpc) is 3.09. The Labute approximate surface area is 158 Å². The van der Waals surface area contributed by atoms with Gasteiger partial charge in [-0.05, 0) is 22.6 Å². The molecule has 1 heterocycles. The number of amides is 1. The maximum atomic E-state index is 12.1. The summed E-state index contributed by atoms with van der Waals surface area (Å²) in [5.74, 6) is -0.183. The first-order valence-electron chi connectivity index (χ1n) is 8.52. The van der Waals surface area contributed by atoms with E-state index in [4.69, 9.17) is 0 Å². The van der Waals surface area contributed by atoms with Crippen LogP contribution in [0.5, 0.6) is 0 Å². The summed E-state index contributed by atoms with van der Waals surface area (Å²) in [5.41, 5.74) is 4.33. The highest BCUT2D eigenvalue weighted by atomic mass is 32.1. The Morgan fingerprint density at radius 2 is 1.73 bits per heavy atom. The monoisotopic (exact) mass is 362 g/mol. The number of thiazole rings is 1. The molecule has 1 aromatic heterocycles. The minimum absolute atomic E-state index is 0.130. The predicted molar refractivity (Wildman–Crippen MR) is 110 cm³/mol. The van der Waals surface area contributed by atoms with Gasteiger partial charge in [-0.2, -0.15) is 0 Å². The number of hydrogen-bond donors (Lipinski definition) is 1. The van der Waals surface area contributed by atoms with Crippen molar-refractivity contribution < 1.29 is 4.79 Å². The Bertz CT molecular complexity index is 903. The Morgan fingerprint density at radius 3 is 2.38 bits per heavy atom. The second-order valence-electron chi connectivity index (χ2n) is 7.10. The third-order valence-electron chi connectivity index (χ3n) is 4.01. The van der Waals surface area contributed by atoms with Gasteiger partial charge in [0.1, 0.15) is 0 Å². The van der Waals surface area contributed by atoms with Gasteiger partial charge in [-0.15, -0.1) is 11.3 Å². The molecule has 3 nitrogen and oxygen atoms in total. The lowest BCUT2D eigenvalue weighted by Gasteiger charge is -2.18. The minimum atomic E-state index is -0.183. The van der Waals surface area contributed by atoms with Crippen molar-refractivity contribution in [2.45, 2.75) is 26.2 Å². The van der Waals surface area contributed by atoms with Crippen LogP contribution in [0.25, 0.3) is 17.3 Å². The molecule has 0 bridgehead atoms. The standard InChI is InChI=1S/C22H22N2OS/c1-22(2,3)18-12-10-17(11-13-18)19-15-26-21(23-19)24-20(25)14-9-16-7-5-4-6-8-16/h4-15H,1-3H3,(H,23,24,25). The zero-order valence-electron chi connectivity index (χ0n) is 15.2. The van der Waals surface area contributed by atoms with Crippen molar-refractivity contribution in [1.82, 2.24) is 4.98 Å². The SMILES string of the molecule is CC(C)(C)c1ccc(-c2csc(NC(=O)C=Cc3ccccc3)n2)cc1. The third kappa shape index (κ3) is 4.67. The highest BCUT2D eigenvalue weighted by Gasteiger charge is 2.13. The molecule has 0 aliphatic rings. The number of nitrogens with one attached hydrogen (secondary N) is 1. The summed E-state index contributed by atoms with van der Waals surface area (Å²) in [4.78, 5) is 16.6. The number of nitrogens with zero attached hydrogens (tertiary/aromatic N) is 1. The molecule has 2 aromatic carbocycles. The van der Waals surface area contributed by atoms with E-state index in [1.165, 1.54) is 23.0 Å². The van der Waals surface area contributed by atoms with E-state index in [1.807, 2.05) is 35.7 Å². The van der Waals surface area contributed by atoms with E-state index in [1.54, 1.807) is 6.08 Å². The number of anilines is 1. The first kappa shape index (κ1) is 18.1. The largest absolute Gasteiger partial charge is 0.298 e. The van der Waals surface area contributed by atoms with Crippen LogP contribution in [0.1, 0.15) is 31.9 Å². The molecule has 1 N–H and O–H groups in total. The van der Waals surface area contributed by atoms with E-state index in [0.717, 1.165) is 16.8 Å². The molecule has 0 fully saturated rings. The maximum Gasteiger partial charge on any atom is 0.250 e. The van der Waals surface area contributed by atoms with Crippen LogP contribution >= 0.6 is 11.3 Å². The number of hydrogen-bond acceptors (Lipinski definition) is 3. The average molecular weight is 362 g/mol. The molecule has 0 aliphatic carbocycles. The molecule has 0 radical (unpaired) electrons. The zero-order chi connectivity index (χ0) is 18.6. The first-order valence-corrected chi connectivity index (χ1v) is 9.40. The molecular weight excluding hydrogens is 340 g/mol. The van der Waals surface area contributed by atoms with Crippen LogP contribution in [0.3, 0.4) is 0 Å². The quantitative estimate of drug-likeness (QED) is 0.600. The zero-order valence-corrected chi connectivity index (χ0v) is 16.0. The molecule has 0 spiro atoms. The Morgan fingerprint density at radius 1 is 1.04 bits per heavy atom. The fraction of sp³-hybridized carbons (Fsp3) is 0.182. The Hall–Kier alpha value is -2.72. The van der Waals surface area contributed by atoms with Crippen molar-refractivity contribution in [3.63, 3.8) is 0 Å². The van der Waals surface area contributed by atoms with Crippen LogP contribution in [0.15, 0.2) is 66.1 Å². The van der Waals surface area contributed by atoms with E-state index in [-0.39, 0.29) is 11.3 Å². The van der Waals surface area contributed by atoms with E-state index < -0.39 is 0 Å². The van der Waals surface area contributed by atoms with Gasteiger partial charge in [0, 0.05) is 17.0 Å². The lowest BCUT2D eigenvalue weighted by atomic mass is 9.86. The van der Waals surface area contributed by atoms with Gasteiger partial charge in [0.05, 0.1) is 5.69 Å². The van der Waals surface area contributed by atoms with Gasteiger partial charge in [0.2, 0.25) is 5.91 Å². The van der Waals surface area contributed by atoms with Gasteiger partial charge in [-0.1, -0.05) is 75.4 Å². The molecule has 0 aliphatic heterocycles. The molecular formula is C22H22N2OS. The lowest BCUT2D eigenvalue weighted by Crippen LogP contribution is -2.10. The number of carbonyl (C=O) groups is 1. The molecule has 0 saturated heterocycles. The minimum Gasteiger partial charge on any atom is -0.298 e. The highest BCUT2D eigenvalue weighted by Crippen LogP contribution is 2.28. The summed E-state index contributed by atoms with van der Waals surface area (Å²) in [5, 5.41) is 5.38. The van der Waals surface area contributed by atoms with Crippen molar-refractivity contribution in [2.75, 3.05) is 5.32 Å². The van der Waals surface area contributed by atoms with Crippen LogP contribution in [0, 0.1) is 0 Å². The van der Waals surface area contributed by atoms with Gasteiger partial charge in [-0.3, -0.25) is 10.1 Å². The second-order valence-corrected chi connectivity index (χ2v) is 7.96. The maximum absolute atomic E-state index is 12.1. The smallest absolute Gasteiger partial charge is 0.250 e. The van der Waals surface area contributed by atoms with E-state index >= 15 is 0 Å². The third-order valence-corrected chi connectivity index (χ3v) is 4.77. The molecule has 0 atom stereocenters. The number of carbonyl (C=O) groups excluding carboxylic acids is 1. The predicted octanol–water partition coefficient (Wildman–Crippen LogP) is 5.76. The molecule has 0 unspecified atom stereocenters. The van der Waals surface area contributed by atoms with Crippen LogP contribution < -0.4 is 5.32 Å². The summed E-state index contributed by atoms with van der Waals surface area (Å²) in [7, 11) is 0. The topological polar surface area (TPSA) is 42.0 Å².